The van der Waals surface area contributed by atoms with E-state index in [1.54, 1.807) is 30.3 Å². The molecule has 2 heterocycles. The largest absolute Gasteiger partial charge is 0.494 e. The molecule has 10 heteroatoms. The quantitative estimate of drug-likeness (QED) is 0.210. The van der Waals surface area contributed by atoms with Gasteiger partial charge in [0.2, 0.25) is 5.88 Å². The molecule has 1 N–H and O–H groups in total. The van der Waals surface area contributed by atoms with E-state index in [0.29, 0.717) is 20.7 Å². The van der Waals surface area contributed by atoms with Crippen molar-refractivity contribution in [3.63, 3.8) is 0 Å². The third kappa shape index (κ3) is 5.84. The van der Waals surface area contributed by atoms with Crippen LogP contribution < -0.4 is 5.56 Å². The lowest BCUT2D eigenvalue weighted by molar-refractivity contribution is -0.122. The molecule has 0 saturated carbocycles. The molecule has 0 radical (unpaired) electrons. The van der Waals surface area contributed by atoms with E-state index in [2.05, 4.69) is 0 Å². The number of rotatable bonds is 9. The molecule has 1 aromatic carbocycles. The molecule has 2 aromatic rings. The third-order valence-electron chi connectivity index (χ3n) is 5.67. The highest BCUT2D eigenvalue weighted by molar-refractivity contribution is 8.26. The van der Waals surface area contributed by atoms with Crippen LogP contribution in [0, 0.1) is 18.3 Å². The normalized spacial score (nSPS) is 14.6. The summed E-state index contributed by atoms with van der Waals surface area (Å²) in [5.74, 6) is -1.23. The van der Waals surface area contributed by atoms with Gasteiger partial charge in [0.15, 0.2) is 5.78 Å². The van der Waals surface area contributed by atoms with Gasteiger partial charge in [0.05, 0.1) is 10.5 Å². The second-order valence-corrected chi connectivity index (χ2v) is 10.1. The van der Waals surface area contributed by atoms with Gasteiger partial charge in [-0.3, -0.25) is 23.9 Å². The Kier molecular flexibility index (Phi) is 8.89. The van der Waals surface area contributed by atoms with Crippen LogP contribution >= 0.6 is 35.6 Å². The van der Waals surface area contributed by atoms with Crippen molar-refractivity contribution in [1.82, 2.24) is 9.47 Å². The Hall–Kier alpha value is -2.93. The van der Waals surface area contributed by atoms with E-state index >= 15 is 0 Å². The van der Waals surface area contributed by atoms with Crippen molar-refractivity contribution in [1.29, 1.82) is 5.26 Å². The van der Waals surface area contributed by atoms with E-state index < -0.39 is 17.2 Å². The zero-order valence-electron chi connectivity index (χ0n) is 19.3. The average Bonchev–Trinajstić information content (AvgIpc) is 3.08. The summed E-state index contributed by atoms with van der Waals surface area (Å²) >= 11 is 12.4. The maximum absolute atomic E-state index is 13.1. The van der Waals surface area contributed by atoms with Gasteiger partial charge in [0, 0.05) is 24.5 Å². The molecule has 35 heavy (non-hydrogen) atoms. The first-order valence-corrected chi connectivity index (χ1v) is 12.7. The second-order valence-electron chi connectivity index (χ2n) is 8.03. The molecule has 1 aliphatic rings. The van der Waals surface area contributed by atoms with Gasteiger partial charge in [-0.15, -0.1) is 0 Å². The summed E-state index contributed by atoms with van der Waals surface area (Å²) in [6.45, 7) is 3.69. The topological polar surface area (TPSA) is 103 Å². The monoisotopic (exact) mass is 529 g/mol. The van der Waals surface area contributed by atoms with Crippen LogP contribution in [0.2, 0.25) is 5.02 Å². The Morgan fingerprint density at radius 2 is 1.91 bits per heavy atom. The molecule has 7 nitrogen and oxygen atoms in total. The molecule has 0 aliphatic carbocycles. The predicted octanol–water partition coefficient (Wildman–Crippen LogP) is 5.05. The summed E-state index contributed by atoms with van der Waals surface area (Å²) in [5.41, 5.74) is 0.0824. The molecule has 0 bridgehead atoms. The summed E-state index contributed by atoms with van der Waals surface area (Å²) in [4.78, 5) is 40.4. The summed E-state index contributed by atoms with van der Waals surface area (Å²) in [6, 6.07) is 8.87. The molecular weight excluding hydrogens is 506 g/mol. The number of pyridine rings is 1. The van der Waals surface area contributed by atoms with Crippen LogP contribution in [0.5, 0.6) is 5.88 Å². The number of nitrogens with zero attached hydrogens (tertiary/aromatic N) is 3. The fourth-order valence-corrected chi connectivity index (χ4v) is 5.19. The van der Waals surface area contributed by atoms with E-state index in [9.17, 15) is 24.8 Å². The molecule has 0 spiro atoms. The minimum atomic E-state index is -0.612. The number of Topliss-reactive ketones (excluding diaryl/α,β-unsaturated/α-hetero) is 1. The van der Waals surface area contributed by atoms with Crippen LogP contribution in [-0.4, -0.2) is 37.1 Å². The van der Waals surface area contributed by atoms with Crippen molar-refractivity contribution in [2.45, 2.75) is 46.1 Å². The van der Waals surface area contributed by atoms with Crippen LogP contribution in [-0.2, 0) is 11.3 Å². The van der Waals surface area contributed by atoms with Crippen LogP contribution in [0.15, 0.2) is 34.0 Å². The Labute approximate surface area is 218 Å². The van der Waals surface area contributed by atoms with Gasteiger partial charge in [0.1, 0.15) is 16.0 Å². The zero-order valence-corrected chi connectivity index (χ0v) is 21.7. The van der Waals surface area contributed by atoms with E-state index in [1.165, 1.54) is 11.8 Å². The van der Waals surface area contributed by atoms with Crippen molar-refractivity contribution < 1.29 is 14.7 Å². The molecule has 1 aromatic heterocycles. The fraction of sp³-hybridized carbons (Fsp3) is 0.320. The van der Waals surface area contributed by atoms with Gasteiger partial charge < -0.3 is 5.11 Å². The Morgan fingerprint density at radius 1 is 1.23 bits per heavy atom. The number of hydrogen-bond donors (Lipinski definition) is 1. The van der Waals surface area contributed by atoms with E-state index in [-0.39, 0.29) is 42.1 Å². The molecule has 1 fully saturated rings. The summed E-state index contributed by atoms with van der Waals surface area (Å²) < 4.78 is 1.41. The maximum atomic E-state index is 13.1. The van der Waals surface area contributed by atoms with E-state index in [1.807, 2.05) is 13.0 Å². The van der Waals surface area contributed by atoms with Crippen LogP contribution in [0.3, 0.4) is 0 Å². The summed E-state index contributed by atoms with van der Waals surface area (Å²) in [7, 11) is 0. The number of nitriles is 1. The Balaban J connectivity index is 1.81. The average molecular weight is 530 g/mol. The fourth-order valence-electron chi connectivity index (χ4n) is 3.75. The van der Waals surface area contributed by atoms with Crippen LogP contribution in [0.25, 0.3) is 6.08 Å². The second kappa shape index (κ2) is 11.7. The number of unbranched alkanes of at least 4 members (excludes halogenated alkanes) is 2. The molecule has 3 rings (SSSR count). The number of halogens is 1. The first-order valence-electron chi connectivity index (χ1n) is 11.1. The van der Waals surface area contributed by atoms with Gasteiger partial charge in [0.25, 0.3) is 11.5 Å². The SMILES string of the molecule is CCCCCn1c(O)c(C(=O)CCN2C(=O)/C(=C/c3ccc(Cl)cc3)SC2=S)c(C)c(C#N)c1=O. The lowest BCUT2D eigenvalue weighted by atomic mass is 9.99. The number of benzene rings is 1. The van der Waals surface area contributed by atoms with Gasteiger partial charge in [-0.05, 0) is 42.7 Å². The molecule has 1 aliphatic heterocycles. The molecule has 0 unspecified atom stereocenters. The number of thiocarbonyl (C=S) groups is 1. The van der Waals surface area contributed by atoms with E-state index in [0.717, 1.165) is 34.7 Å². The van der Waals surface area contributed by atoms with Gasteiger partial charge in [-0.25, -0.2) is 0 Å². The van der Waals surface area contributed by atoms with Crippen molar-refractivity contribution in [3.8, 4) is 11.9 Å². The number of thioether (sulfide) groups is 1. The van der Waals surface area contributed by atoms with Crippen molar-refractivity contribution in [2.24, 2.45) is 0 Å². The van der Waals surface area contributed by atoms with Crippen LogP contribution in [0.4, 0.5) is 0 Å². The minimum Gasteiger partial charge on any atom is -0.494 e. The number of hydrogen-bond acceptors (Lipinski definition) is 7. The third-order valence-corrected chi connectivity index (χ3v) is 7.30. The lowest BCUT2D eigenvalue weighted by Gasteiger charge is -2.17. The molecule has 1 saturated heterocycles. The zero-order chi connectivity index (χ0) is 25.7. The first kappa shape index (κ1) is 26.7. The van der Waals surface area contributed by atoms with E-state index in [4.69, 9.17) is 23.8 Å². The van der Waals surface area contributed by atoms with Gasteiger partial charge >= 0.3 is 0 Å². The summed E-state index contributed by atoms with van der Waals surface area (Å²) in [6.07, 6.45) is 3.95. The van der Waals surface area contributed by atoms with Crippen molar-refractivity contribution >= 4 is 57.7 Å². The van der Waals surface area contributed by atoms with Gasteiger partial charge in [-0.2, -0.15) is 5.26 Å². The molecule has 0 atom stereocenters. The maximum Gasteiger partial charge on any atom is 0.271 e. The number of ketones is 1. The number of carbonyl (C=O) groups is 2. The highest BCUT2D eigenvalue weighted by atomic mass is 35.5. The minimum absolute atomic E-state index is 0.0111. The highest BCUT2D eigenvalue weighted by Gasteiger charge is 2.33. The number of amides is 1. The summed E-state index contributed by atoms with van der Waals surface area (Å²) in [5, 5.41) is 20.8. The number of carbonyl (C=O) groups excluding carboxylic acids is 2. The molecule has 182 valence electrons. The first-order chi connectivity index (χ1) is 16.7. The van der Waals surface area contributed by atoms with Crippen molar-refractivity contribution in [3.05, 3.63) is 66.8 Å². The Morgan fingerprint density at radius 3 is 2.54 bits per heavy atom. The number of aromatic nitrogens is 1. The standard InChI is InChI=1S/C25H24ClN3O4S2/c1-3-4-5-11-28-22(31)18(14-27)15(2)21(24(28)33)19(30)10-12-29-23(32)20(35-25(29)34)13-16-6-8-17(26)9-7-16/h6-9,13,33H,3-5,10-12H2,1-2H3/b20-13-. The van der Waals surface area contributed by atoms with Crippen molar-refractivity contribution in [2.75, 3.05) is 6.54 Å². The molecular formula is C25H24ClN3O4S2. The lowest BCUT2D eigenvalue weighted by Crippen LogP contribution is -2.31. The highest BCUT2D eigenvalue weighted by Crippen LogP contribution is 2.33. The Bertz CT molecular complexity index is 1310. The molecule has 1 amide bonds. The smallest absolute Gasteiger partial charge is 0.271 e. The van der Waals surface area contributed by atoms with Gasteiger partial charge in [-0.1, -0.05) is 67.5 Å². The number of aromatic hydroxyl groups is 1. The van der Waals surface area contributed by atoms with Crippen LogP contribution in [0.1, 0.15) is 59.7 Å². The predicted molar refractivity (Wildman–Crippen MR) is 142 cm³/mol.